The van der Waals surface area contributed by atoms with Crippen LogP contribution in [0.25, 0.3) is 0 Å². The van der Waals surface area contributed by atoms with Crippen molar-refractivity contribution in [3.8, 4) is 12.3 Å². The predicted molar refractivity (Wildman–Crippen MR) is 61.0 cm³/mol. The maximum atomic E-state index is 11.4. The van der Waals surface area contributed by atoms with Gasteiger partial charge in [0.25, 0.3) is 5.56 Å². The van der Waals surface area contributed by atoms with E-state index >= 15 is 0 Å². The Labute approximate surface area is 93.3 Å². The highest BCUT2D eigenvalue weighted by atomic mass is 35.5. The van der Waals surface area contributed by atoms with E-state index in [1.165, 1.54) is 13.2 Å². The summed E-state index contributed by atoms with van der Waals surface area (Å²) >= 11 is 5.86. The third-order valence-corrected chi connectivity index (χ3v) is 2.25. The number of aryl methyl sites for hydroxylation is 1. The zero-order chi connectivity index (χ0) is 11.6. The van der Waals surface area contributed by atoms with Crippen LogP contribution in [0.15, 0.2) is 11.0 Å². The highest BCUT2D eigenvalue weighted by molar-refractivity contribution is 6.32. The Morgan fingerprint density at radius 3 is 2.80 bits per heavy atom. The van der Waals surface area contributed by atoms with Crippen LogP contribution in [-0.4, -0.2) is 15.3 Å². The van der Waals surface area contributed by atoms with Crippen molar-refractivity contribution in [2.75, 3.05) is 5.32 Å². The molecule has 0 fully saturated rings. The number of hydrogen-bond acceptors (Lipinski definition) is 3. The second-order valence-electron chi connectivity index (χ2n) is 3.70. The monoisotopic (exact) mass is 225 g/mol. The third kappa shape index (κ3) is 2.51. The average molecular weight is 226 g/mol. The summed E-state index contributed by atoms with van der Waals surface area (Å²) in [4.78, 5) is 11.4. The molecule has 1 rings (SSSR count). The quantitative estimate of drug-likeness (QED) is 0.771. The number of nitrogens with one attached hydrogen (secondary N) is 1. The fourth-order valence-corrected chi connectivity index (χ4v) is 1.19. The van der Waals surface area contributed by atoms with Gasteiger partial charge in [-0.05, 0) is 13.8 Å². The molecule has 0 aliphatic rings. The van der Waals surface area contributed by atoms with Crippen LogP contribution in [0.5, 0.6) is 0 Å². The van der Waals surface area contributed by atoms with Gasteiger partial charge in [0.1, 0.15) is 5.02 Å². The zero-order valence-electron chi connectivity index (χ0n) is 8.84. The van der Waals surface area contributed by atoms with E-state index in [1.807, 2.05) is 0 Å². The average Bonchev–Trinajstić information content (AvgIpc) is 2.19. The summed E-state index contributed by atoms with van der Waals surface area (Å²) < 4.78 is 1.16. The molecule has 1 N–H and O–H groups in total. The molecule has 0 unspecified atom stereocenters. The van der Waals surface area contributed by atoms with Crippen LogP contribution in [-0.2, 0) is 7.05 Å². The van der Waals surface area contributed by atoms with Crippen molar-refractivity contribution in [3.63, 3.8) is 0 Å². The van der Waals surface area contributed by atoms with Crippen LogP contribution in [0.1, 0.15) is 13.8 Å². The van der Waals surface area contributed by atoms with Gasteiger partial charge < -0.3 is 5.32 Å². The van der Waals surface area contributed by atoms with Gasteiger partial charge in [0.2, 0.25) is 0 Å². The van der Waals surface area contributed by atoms with Crippen molar-refractivity contribution in [2.45, 2.75) is 19.4 Å². The fraction of sp³-hybridized carbons (Fsp3) is 0.400. The first-order chi connectivity index (χ1) is 6.87. The second-order valence-corrected chi connectivity index (χ2v) is 4.07. The lowest BCUT2D eigenvalue weighted by molar-refractivity contribution is 0.697. The predicted octanol–water partition coefficient (Wildman–Crippen LogP) is 1.26. The van der Waals surface area contributed by atoms with Crippen molar-refractivity contribution < 1.29 is 0 Å². The highest BCUT2D eigenvalue weighted by Gasteiger charge is 2.16. The molecule has 5 heteroatoms. The number of halogens is 1. The number of hydrogen-bond donors (Lipinski definition) is 1. The molecule has 0 amide bonds. The minimum atomic E-state index is -0.572. The maximum Gasteiger partial charge on any atom is 0.287 e. The van der Waals surface area contributed by atoms with Gasteiger partial charge in [-0.1, -0.05) is 17.5 Å². The molecule has 0 radical (unpaired) electrons. The summed E-state index contributed by atoms with van der Waals surface area (Å²) in [5.74, 6) is 2.54. The maximum absolute atomic E-state index is 11.4. The number of anilines is 1. The van der Waals surface area contributed by atoms with Gasteiger partial charge in [0.15, 0.2) is 0 Å². The van der Waals surface area contributed by atoms with E-state index in [0.717, 1.165) is 4.68 Å². The van der Waals surface area contributed by atoms with Gasteiger partial charge >= 0.3 is 0 Å². The fourth-order valence-electron chi connectivity index (χ4n) is 0.971. The van der Waals surface area contributed by atoms with E-state index in [1.54, 1.807) is 13.8 Å². The van der Waals surface area contributed by atoms with Crippen molar-refractivity contribution in [2.24, 2.45) is 7.05 Å². The standard InChI is InChI=1S/C10H12ClN3O/c1-5-10(2,3)13-7-6-12-14(4)9(15)8(7)11/h1,6,13H,2-4H3. The first kappa shape index (κ1) is 11.6. The Morgan fingerprint density at radius 1 is 1.67 bits per heavy atom. The van der Waals surface area contributed by atoms with Gasteiger partial charge in [-0.3, -0.25) is 4.79 Å². The summed E-state index contributed by atoms with van der Waals surface area (Å²) in [5.41, 5.74) is -0.477. The van der Waals surface area contributed by atoms with Crippen LogP contribution >= 0.6 is 11.6 Å². The van der Waals surface area contributed by atoms with Crippen LogP contribution in [0.4, 0.5) is 5.69 Å². The summed E-state index contributed by atoms with van der Waals surface area (Å²) in [6.07, 6.45) is 6.79. The van der Waals surface area contributed by atoms with Crippen molar-refractivity contribution in [3.05, 3.63) is 21.6 Å². The van der Waals surface area contributed by atoms with E-state index in [4.69, 9.17) is 18.0 Å². The molecule has 0 saturated carbocycles. The molecule has 1 heterocycles. The zero-order valence-corrected chi connectivity index (χ0v) is 9.59. The van der Waals surface area contributed by atoms with Gasteiger partial charge in [-0.2, -0.15) is 5.10 Å². The summed E-state index contributed by atoms with van der Waals surface area (Å²) in [5, 5.41) is 6.90. The summed E-state index contributed by atoms with van der Waals surface area (Å²) in [6, 6.07) is 0. The molecule has 0 saturated heterocycles. The van der Waals surface area contributed by atoms with Gasteiger partial charge in [-0.15, -0.1) is 6.42 Å². The molecule has 80 valence electrons. The number of nitrogens with zero attached hydrogens (tertiary/aromatic N) is 2. The molecule has 15 heavy (non-hydrogen) atoms. The van der Waals surface area contributed by atoms with E-state index < -0.39 is 5.54 Å². The van der Waals surface area contributed by atoms with E-state index in [9.17, 15) is 4.79 Å². The Bertz CT molecular complexity index is 471. The van der Waals surface area contributed by atoms with Gasteiger partial charge in [0, 0.05) is 7.05 Å². The third-order valence-electron chi connectivity index (χ3n) is 1.89. The molecule has 0 aliphatic heterocycles. The molecule has 0 bridgehead atoms. The van der Waals surface area contributed by atoms with Crippen LogP contribution in [0.3, 0.4) is 0 Å². The first-order valence-corrected chi connectivity index (χ1v) is 4.73. The number of rotatable bonds is 2. The minimum Gasteiger partial charge on any atom is -0.367 e. The van der Waals surface area contributed by atoms with Crippen molar-refractivity contribution in [1.29, 1.82) is 0 Å². The Morgan fingerprint density at radius 2 is 2.27 bits per heavy atom. The molecule has 1 aromatic heterocycles. The topological polar surface area (TPSA) is 46.9 Å². The van der Waals surface area contributed by atoms with Gasteiger partial charge in [0.05, 0.1) is 17.4 Å². The molecule has 0 spiro atoms. The summed E-state index contributed by atoms with van der Waals surface area (Å²) in [6.45, 7) is 3.61. The molecule has 4 nitrogen and oxygen atoms in total. The van der Waals surface area contributed by atoms with E-state index in [2.05, 4.69) is 16.3 Å². The lowest BCUT2D eigenvalue weighted by Crippen LogP contribution is -2.30. The smallest absolute Gasteiger partial charge is 0.287 e. The Hall–Kier alpha value is -1.47. The number of terminal acetylenes is 1. The highest BCUT2D eigenvalue weighted by Crippen LogP contribution is 2.19. The van der Waals surface area contributed by atoms with Crippen LogP contribution in [0.2, 0.25) is 5.02 Å². The molecular formula is C10H12ClN3O. The minimum absolute atomic E-state index is 0.0934. The lowest BCUT2D eigenvalue weighted by atomic mass is 10.1. The Kier molecular flexibility index (Phi) is 3.06. The van der Waals surface area contributed by atoms with E-state index in [-0.39, 0.29) is 10.6 Å². The second kappa shape index (κ2) is 3.95. The molecule has 0 aliphatic carbocycles. The SMILES string of the molecule is C#CC(C)(C)Nc1cnn(C)c(=O)c1Cl. The van der Waals surface area contributed by atoms with E-state index in [0.29, 0.717) is 5.69 Å². The van der Waals surface area contributed by atoms with Crippen molar-refractivity contribution >= 4 is 17.3 Å². The normalized spacial score (nSPS) is 10.9. The largest absolute Gasteiger partial charge is 0.367 e. The Balaban J connectivity index is 3.15. The molecule has 0 aromatic carbocycles. The number of aromatic nitrogens is 2. The first-order valence-electron chi connectivity index (χ1n) is 4.35. The molecule has 0 atom stereocenters. The van der Waals surface area contributed by atoms with Gasteiger partial charge in [-0.25, -0.2) is 4.68 Å². The van der Waals surface area contributed by atoms with Crippen molar-refractivity contribution in [1.82, 2.24) is 9.78 Å². The van der Waals surface area contributed by atoms with Crippen LogP contribution < -0.4 is 10.9 Å². The lowest BCUT2D eigenvalue weighted by Gasteiger charge is -2.21. The molecular weight excluding hydrogens is 214 g/mol. The summed E-state index contributed by atoms with van der Waals surface area (Å²) in [7, 11) is 1.53. The van der Waals surface area contributed by atoms with Crippen LogP contribution in [0, 0.1) is 12.3 Å². The molecule has 1 aromatic rings.